The summed E-state index contributed by atoms with van der Waals surface area (Å²) >= 11 is 1.45. The van der Waals surface area contributed by atoms with Gasteiger partial charge in [0.1, 0.15) is 5.82 Å². The molecule has 1 fully saturated rings. The number of hydrogen-bond acceptors (Lipinski definition) is 5. The number of rotatable bonds is 5. The summed E-state index contributed by atoms with van der Waals surface area (Å²) in [6.45, 7) is 7.07. The molecule has 0 spiro atoms. The van der Waals surface area contributed by atoms with Gasteiger partial charge in [0.2, 0.25) is 5.13 Å². The first-order valence-corrected chi connectivity index (χ1v) is 6.64. The van der Waals surface area contributed by atoms with E-state index >= 15 is 0 Å². The Hall–Kier alpha value is -0.680. The molecule has 3 N–H and O–H groups in total. The smallest absolute Gasteiger partial charge is 0.203 e. The third-order valence-corrected chi connectivity index (χ3v) is 4.12. The predicted octanol–water partition coefficient (Wildman–Crippen LogP) is 2.20. The van der Waals surface area contributed by atoms with E-state index < -0.39 is 0 Å². The second-order valence-electron chi connectivity index (χ2n) is 5.13. The van der Waals surface area contributed by atoms with Gasteiger partial charge in [-0.15, -0.1) is 0 Å². The van der Waals surface area contributed by atoms with E-state index in [9.17, 15) is 0 Å². The Kier molecular flexibility index (Phi) is 3.17. The zero-order chi connectivity index (χ0) is 11.8. The predicted molar refractivity (Wildman–Crippen MR) is 67.8 cm³/mol. The fourth-order valence-electron chi connectivity index (χ4n) is 1.47. The number of nitrogens with two attached hydrogens (primary N) is 1. The highest BCUT2D eigenvalue weighted by Gasteiger charge is 2.30. The van der Waals surface area contributed by atoms with Gasteiger partial charge in [0.05, 0.1) is 5.54 Å². The Morgan fingerprint density at radius 3 is 2.75 bits per heavy atom. The van der Waals surface area contributed by atoms with Crippen molar-refractivity contribution in [3.63, 3.8) is 0 Å². The molecule has 1 aromatic rings. The molecule has 1 unspecified atom stereocenters. The van der Waals surface area contributed by atoms with E-state index in [1.165, 1.54) is 24.4 Å². The molecule has 0 radical (unpaired) electrons. The standard InChI is InChI=1S/C11H20N4S/c1-7(2)11(3,6-12)14-10-13-9(15-16-10)8-4-5-8/h7-8H,4-6,12H2,1-3H3,(H,13,14,15). The number of nitrogens with one attached hydrogen (secondary N) is 1. The summed E-state index contributed by atoms with van der Waals surface area (Å²) in [7, 11) is 0. The minimum Gasteiger partial charge on any atom is -0.354 e. The average Bonchev–Trinajstić information content (AvgIpc) is 3.00. The van der Waals surface area contributed by atoms with E-state index in [0.29, 0.717) is 18.4 Å². The molecule has 1 saturated carbocycles. The summed E-state index contributed by atoms with van der Waals surface area (Å²) in [5, 5.41) is 4.33. The molecule has 0 saturated heterocycles. The highest BCUT2D eigenvalue weighted by atomic mass is 32.1. The van der Waals surface area contributed by atoms with Gasteiger partial charge in [-0.25, -0.2) is 4.98 Å². The van der Waals surface area contributed by atoms with Crippen LogP contribution < -0.4 is 11.1 Å². The summed E-state index contributed by atoms with van der Waals surface area (Å²) < 4.78 is 4.38. The van der Waals surface area contributed by atoms with E-state index in [1.54, 1.807) is 0 Å². The van der Waals surface area contributed by atoms with Crippen LogP contribution in [0.1, 0.15) is 45.4 Å². The number of aromatic nitrogens is 2. The largest absolute Gasteiger partial charge is 0.354 e. The molecule has 1 atom stereocenters. The molecule has 1 aliphatic carbocycles. The van der Waals surface area contributed by atoms with Gasteiger partial charge < -0.3 is 11.1 Å². The summed E-state index contributed by atoms with van der Waals surface area (Å²) in [4.78, 5) is 4.53. The molecule has 16 heavy (non-hydrogen) atoms. The lowest BCUT2D eigenvalue weighted by Gasteiger charge is -2.33. The number of nitrogens with zero attached hydrogens (tertiary/aromatic N) is 2. The first kappa shape index (κ1) is 11.8. The molecular formula is C11H20N4S. The SMILES string of the molecule is CC(C)C(C)(CN)Nc1nc(C2CC2)ns1. The molecule has 1 aliphatic rings. The van der Waals surface area contributed by atoms with Gasteiger partial charge in [0.15, 0.2) is 0 Å². The van der Waals surface area contributed by atoms with Crippen LogP contribution in [0.5, 0.6) is 0 Å². The van der Waals surface area contributed by atoms with Gasteiger partial charge in [-0.05, 0) is 25.7 Å². The fraction of sp³-hybridized carbons (Fsp3) is 0.818. The van der Waals surface area contributed by atoms with Crippen LogP contribution in [0.4, 0.5) is 5.13 Å². The van der Waals surface area contributed by atoms with E-state index in [4.69, 9.17) is 5.73 Å². The monoisotopic (exact) mass is 240 g/mol. The van der Waals surface area contributed by atoms with Gasteiger partial charge in [0, 0.05) is 24.0 Å². The van der Waals surface area contributed by atoms with Crippen molar-refractivity contribution in [1.82, 2.24) is 9.36 Å². The van der Waals surface area contributed by atoms with E-state index in [0.717, 1.165) is 11.0 Å². The maximum atomic E-state index is 5.83. The van der Waals surface area contributed by atoms with Gasteiger partial charge in [0.25, 0.3) is 0 Å². The first-order chi connectivity index (χ1) is 7.55. The normalized spacial score (nSPS) is 19.8. The summed E-state index contributed by atoms with van der Waals surface area (Å²) in [6, 6.07) is 0. The van der Waals surface area contributed by atoms with Crippen molar-refractivity contribution < 1.29 is 0 Å². The van der Waals surface area contributed by atoms with E-state index in [2.05, 4.69) is 35.4 Å². The summed E-state index contributed by atoms with van der Waals surface area (Å²) in [6.07, 6.45) is 2.49. The highest BCUT2D eigenvalue weighted by molar-refractivity contribution is 7.09. The van der Waals surface area contributed by atoms with E-state index in [1.807, 2.05) is 0 Å². The van der Waals surface area contributed by atoms with Crippen LogP contribution in [0, 0.1) is 5.92 Å². The van der Waals surface area contributed by atoms with Crippen LogP contribution in [0.15, 0.2) is 0 Å². The lowest BCUT2D eigenvalue weighted by molar-refractivity contribution is 0.382. The average molecular weight is 240 g/mol. The Bertz CT molecular complexity index is 359. The second-order valence-corrected chi connectivity index (χ2v) is 5.89. The van der Waals surface area contributed by atoms with Crippen molar-refractivity contribution in [2.24, 2.45) is 11.7 Å². The van der Waals surface area contributed by atoms with Gasteiger partial charge >= 0.3 is 0 Å². The third-order valence-electron chi connectivity index (χ3n) is 3.48. The van der Waals surface area contributed by atoms with Crippen LogP contribution in [0.2, 0.25) is 0 Å². The van der Waals surface area contributed by atoms with Crippen molar-refractivity contribution in [2.45, 2.75) is 45.1 Å². The molecule has 0 aliphatic heterocycles. The Labute approximate surface area is 101 Å². The fourth-order valence-corrected chi connectivity index (χ4v) is 2.25. The van der Waals surface area contributed by atoms with Crippen LogP contribution in [-0.4, -0.2) is 21.4 Å². The van der Waals surface area contributed by atoms with Crippen molar-refractivity contribution in [3.05, 3.63) is 5.82 Å². The minimum atomic E-state index is -0.0969. The quantitative estimate of drug-likeness (QED) is 0.828. The molecule has 2 rings (SSSR count). The van der Waals surface area contributed by atoms with Crippen LogP contribution >= 0.6 is 11.5 Å². The molecule has 4 nitrogen and oxygen atoms in total. The van der Waals surface area contributed by atoms with Crippen molar-refractivity contribution >= 4 is 16.7 Å². The lowest BCUT2D eigenvalue weighted by Crippen LogP contribution is -2.47. The Morgan fingerprint density at radius 1 is 1.56 bits per heavy atom. The zero-order valence-corrected chi connectivity index (χ0v) is 11.0. The topological polar surface area (TPSA) is 63.8 Å². The molecule has 90 valence electrons. The molecule has 1 heterocycles. The maximum Gasteiger partial charge on any atom is 0.203 e. The second kappa shape index (κ2) is 4.30. The maximum absolute atomic E-state index is 5.83. The zero-order valence-electron chi connectivity index (χ0n) is 10.2. The highest BCUT2D eigenvalue weighted by Crippen LogP contribution is 2.39. The van der Waals surface area contributed by atoms with Gasteiger partial charge in [-0.2, -0.15) is 4.37 Å². The lowest BCUT2D eigenvalue weighted by atomic mass is 9.89. The van der Waals surface area contributed by atoms with Crippen molar-refractivity contribution in [2.75, 3.05) is 11.9 Å². The molecular weight excluding hydrogens is 220 g/mol. The van der Waals surface area contributed by atoms with Gasteiger partial charge in [-0.3, -0.25) is 0 Å². The molecule has 1 aromatic heterocycles. The van der Waals surface area contributed by atoms with Crippen molar-refractivity contribution in [3.8, 4) is 0 Å². The molecule has 0 bridgehead atoms. The van der Waals surface area contributed by atoms with E-state index in [-0.39, 0.29) is 5.54 Å². The summed E-state index contributed by atoms with van der Waals surface area (Å²) in [5.74, 6) is 2.09. The molecule has 5 heteroatoms. The van der Waals surface area contributed by atoms with Crippen molar-refractivity contribution in [1.29, 1.82) is 0 Å². The summed E-state index contributed by atoms with van der Waals surface area (Å²) in [5.41, 5.74) is 5.73. The Balaban J connectivity index is 2.06. The van der Waals surface area contributed by atoms with Crippen LogP contribution in [0.25, 0.3) is 0 Å². The minimum absolute atomic E-state index is 0.0969. The first-order valence-electron chi connectivity index (χ1n) is 5.87. The Morgan fingerprint density at radius 2 is 2.25 bits per heavy atom. The van der Waals surface area contributed by atoms with Crippen LogP contribution in [0.3, 0.4) is 0 Å². The third kappa shape index (κ3) is 2.35. The number of hydrogen-bond donors (Lipinski definition) is 2. The number of anilines is 1. The van der Waals surface area contributed by atoms with Gasteiger partial charge in [-0.1, -0.05) is 13.8 Å². The van der Waals surface area contributed by atoms with Crippen LogP contribution in [-0.2, 0) is 0 Å². The molecule has 0 aromatic carbocycles. The molecule has 0 amide bonds.